The van der Waals surface area contributed by atoms with Crippen LogP contribution < -0.4 is 15.4 Å². The average molecular weight is 273 g/mol. The van der Waals surface area contributed by atoms with Gasteiger partial charge in [-0.2, -0.15) is 0 Å². The molecule has 0 fully saturated rings. The molecule has 7 heteroatoms. The van der Waals surface area contributed by atoms with Crippen molar-refractivity contribution < 1.29 is 9.53 Å². The molecule has 0 atom stereocenters. The van der Waals surface area contributed by atoms with E-state index < -0.39 is 0 Å². The van der Waals surface area contributed by atoms with E-state index in [1.54, 1.807) is 26.4 Å². The molecule has 0 unspecified atom stereocenters. The van der Waals surface area contributed by atoms with Crippen molar-refractivity contribution in [2.45, 2.75) is 6.54 Å². The summed E-state index contributed by atoms with van der Waals surface area (Å²) in [6.45, 7) is 0.366. The van der Waals surface area contributed by atoms with E-state index in [-0.39, 0.29) is 11.6 Å². The molecule has 2 aromatic rings. The summed E-state index contributed by atoms with van der Waals surface area (Å²) in [7, 11) is 3.29. The van der Waals surface area contributed by atoms with E-state index in [0.717, 1.165) is 5.56 Å². The van der Waals surface area contributed by atoms with Crippen molar-refractivity contribution >= 4 is 11.7 Å². The molecule has 0 saturated heterocycles. The fourth-order valence-electron chi connectivity index (χ4n) is 1.48. The van der Waals surface area contributed by atoms with Crippen molar-refractivity contribution in [3.05, 3.63) is 42.0 Å². The minimum atomic E-state index is -0.282. The second-order valence-corrected chi connectivity index (χ2v) is 3.93. The zero-order valence-corrected chi connectivity index (χ0v) is 11.3. The van der Waals surface area contributed by atoms with E-state index >= 15 is 0 Å². The van der Waals surface area contributed by atoms with Gasteiger partial charge >= 0.3 is 0 Å². The van der Waals surface area contributed by atoms with Gasteiger partial charge in [0, 0.05) is 25.9 Å². The summed E-state index contributed by atoms with van der Waals surface area (Å²) in [5, 5.41) is 5.58. The molecular weight excluding hydrogens is 258 g/mol. The monoisotopic (exact) mass is 273 g/mol. The van der Waals surface area contributed by atoms with Crippen LogP contribution in [-0.4, -0.2) is 35.0 Å². The SMILES string of the molecule is CNc1cnc(C(=O)NCc2ccc(OC)nc2)cn1. The van der Waals surface area contributed by atoms with E-state index in [1.165, 1.54) is 12.4 Å². The van der Waals surface area contributed by atoms with Crippen LogP contribution in [-0.2, 0) is 6.54 Å². The number of carbonyl (C=O) groups is 1. The van der Waals surface area contributed by atoms with Crippen molar-refractivity contribution in [1.82, 2.24) is 20.3 Å². The molecule has 2 heterocycles. The Bertz CT molecular complexity index is 568. The normalized spacial score (nSPS) is 9.90. The Kier molecular flexibility index (Phi) is 4.43. The number of anilines is 1. The summed E-state index contributed by atoms with van der Waals surface area (Å²) in [4.78, 5) is 24.0. The molecule has 7 nitrogen and oxygen atoms in total. The predicted molar refractivity (Wildman–Crippen MR) is 73.5 cm³/mol. The van der Waals surface area contributed by atoms with Crippen LogP contribution in [0.15, 0.2) is 30.7 Å². The molecule has 2 aromatic heterocycles. The van der Waals surface area contributed by atoms with Gasteiger partial charge in [-0.3, -0.25) is 4.79 Å². The molecule has 0 aliphatic rings. The Hall–Kier alpha value is -2.70. The van der Waals surface area contributed by atoms with Gasteiger partial charge in [-0.1, -0.05) is 6.07 Å². The van der Waals surface area contributed by atoms with Gasteiger partial charge in [-0.05, 0) is 5.56 Å². The molecule has 0 aliphatic carbocycles. The quantitative estimate of drug-likeness (QED) is 0.839. The van der Waals surface area contributed by atoms with Gasteiger partial charge in [0.2, 0.25) is 5.88 Å². The molecule has 0 bridgehead atoms. The lowest BCUT2D eigenvalue weighted by Crippen LogP contribution is -2.24. The second-order valence-electron chi connectivity index (χ2n) is 3.93. The summed E-state index contributed by atoms with van der Waals surface area (Å²) in [5.41, 5.74) is 1.14. The lowest BCUT2D eigenvalue weighted by molar-refractivity contribution is 0.0945. The number of pyridine rings is 1. The van der Waals surface area contributed by atoms with Gasteiger partial charge in [0.1, 0.15) is 11.5 Å². The zero-order valence-electron chi connectivity index (χ0n) is 11.3. The number of carbonyl (C=O) groups excluding carboxylic acids is 1. The van der Waals surface area contributed by atoms with Crippen LogP contribution in [0.25, 0.3) is 0 Å². The standard InChI is InChI=1S/C13H15N5O2/c1-14-11-8-15-10(7-16-11)13(19)18-6-9-3-4-12(20-2)17-5-9/h3-5,7-8H,6H2,1-2H3,(H,14,16)(H,18,19). The molecule has 0 spiro atoms. The minimum absolute atomic E-state index is 0.269. The number of ether oxygens (including phenoxy) is 1. The Morgan fingerprint density at radius 1 is 1.20 bits per heavy atom. The summed E-state index contributed by atoms with van der Waals surface area (Å²) < 4.78 is 4.96. The molecule has 2 N–H and O–H groups in total. The fourth-order valence-corrected chi connectivity index (χ4v) is 1.48. The van der Waals surface area contributed by atoms with E-state index in [4.69, 9.17) is 4.74 Å². The number of rotatable bonds is 5. The van der Waals surface area contributed by atoms with Crippen LogP contribution in [0.1, 0.15) is 16.1 Å². The van der Waals surface area contributed by atoms with E-state index in [0.29, 0.717) is 18.2 Å². The largest absolute Gasteiger partial charge is 0.481 e. The lowest BCUT2D eigenvalue weighted by atomic mass is 10.3. The van der Waals surface area contributed by atoms with Gasteiger partial charge in [0.15, 0.2) is 0 Å². The number of nitrogens with zero attached hydrogens (tertiary/aromatic N) is 3. The smallest absolute Gasteiger partial charge is 0.271 e. The van der Waals surface area contributed by atoms with Crippen LogP contribution >= 0.6 is 0 Å². The van der Waals surface area contributed by atoms with Crippen LogP contribution in [0.3, 0.4) is 0 Å². The van der Waals surface area contributed by atoms with Gasteiger partial charge < -0.3 is 15.4 Å². The first kappa shape index (κ1) is 13.7. The molecule has 20 heavy (non-hydrogen) atoms. The fraction of sp³-hybridized carbons (Fsp3) is 0.231. The lowest BCUT2D eigenvalue weighted by Gasteiger charge is -2.05. The third-order valence-corrected chi connectivity index (χ3v) is 2.60. The Morgan fingerprint density at radius 2 is 2.05 bits per heavy atom. The van der Waals surface area contributed by atoms with E-state index in [9.17, 15) is 4.79 Å². The van der Waals surface area contributed by atoms with Gasteiger partial charge in [-0.15, -0.1) is 0 Å². The number of nitrogens with one attached hydrogen (secondary N) is 2. The molecule has 104 valence electrons. The van der Waals surface area contributed by atoms with Crippen LogP contribution in [0, 0.1) is 0 Å². The van der Waals surface area contributed by atoms with Crippen molar-refractivity contribution in [1.29, 1.82) is 0 Å². The van der Waals surface area contributed by atoms with Crippen LogP contribution in [0.4, 0.5) is 5.82 Å². The highest BCUT2D eigenvalue weighted by Gasteiger charge is 2.07. The van der Waals surface area contributed by atoms with E-state index in [1.807, 2.05) is 6.07 Å². The zero-order chi connectivity index (χ0) is 14.4. The number of amides is 1. The first-order chi connectivity index (χ1) is 9.72. The van der Waals surface area contributed by atoms with Gasteiger partial charge in [0.25, 0.3) is 5.91 Å². The summed E-state index contributed by atoms with van der Waals surface area (Å²) >= 11 is 0. The van der Waals surface area contributed by atoms with Crippen molar-refractivity contribution in [2.75, 3.05) is 19.5 Å². The Balaban J connectivity index is 1.93. The molecule has 0 radical (unpaired) electrons. The minimum Gasteiger partial charge on any atom is -0.481 e. The highest BCUT2D eigenvalue weighted by atomic mass is 16.5. The maximum absolute atomic E-state index is 11.9. The van der Waals surface area contributed by atoms with Gasteiger partial charge in [0.05, 0.1) is 19.5 Å². The van der Waals surface area contributed by atoms with E-state index in [2.05, 4.69) is 25.6 Å². The molecule has 2 rings (SSSR count). The predicted octanol–water partition coefficient (Wildman–Crippen LogP) is 0.852. The molecule has 0 aromatic carbocycles. The number of hydrogen-bond acceptors (Lipinski definition) is 6. The van der Waals surface area contributed by atoms with Crippen molar-refractivity contribution in [2.24, 2.45) is 0 Å². The van der Waals surface area contributed by atoms with Crippen LogP contribution in [0.5, 0.6) is 5.88 Å². The van der Waals surface area contributed by atoms with Crippen LogP contribution in [0.2, 0.25) is 0 Å². The summed E-state index contributed by atoms with van der Waals surface area (Å²) in [5.74, 6) is 0.866. The number of methoxy groups -OCH3 is 1. The first-order valence-electron chi connectivity index (χ1n) is 6.00. The third kappa shape index (κ3) is 3.41. The number of hydrogen-bond donors (Lipinski definition) is 2. The highest BCUT2D eigenvalue weighted by Crippen LogP contribution is 2.06. The average Bonchev–Trinajstić information content (AvgIpc) is 2.53. The first-order valence-corrected chi connectivity index (χ1v) is 6.00. The number of aromatic nitrogens is 3. The topological polar surface area (TPSA) is 89.0 Å². The highest BCUT2D eigenvalue weighted by molar-refractivity contribution is 5.91. The molecule has 0 aliphatic heterocycles. The Morgan fingerprint density at radius 3 is 2.60 bits per heavy atom. The maximum Gasteiger partial charge on any atom is 0.271 e. The Labute approximate surface area is 116 Å². The summed E-state index contributed by atoms with van der Waals surface area (Å²) in [6, 6.07) is 3.57. The van der Waals surface area contributed by atoms with Crippen molar-refractivity contribution in [3.8, 4) is 5.88 Å². The third-order valence-electron chi connectivity index (χ3n) is 2.60. The summed E-state index contributed by atoms with van der Waals surface area (Å²) in [6.07, 6.45) is 4.58. The van der Waals surface area contributed by atoms with Crippen molar-refractivity contribution in [3.63, 3.8) is 0 Å². The second kappa shape index (κ2) is 6.46. The molecule has 1 amide bonds. The van der Waals surface area contributed by atoms with Gasteiger partial charge in [-0.25, -0.2) is 15.0 Å². The molecular formula is C13H15N5O2. The maximum atomic E-state index is 11.9. The molecule has 0 saturated carbocycles.